The van der Waals surface area contributed by atoms with Crippen LogP contribution in [0.2, 0.25) is 0 Å². The molecule has 0 aliphatic rings. The number of halogens is 1. The van der Waals surface area contributed by atoms with Crippen molar-refractivity contribution in [3.05, 3.63) is 30.1 Å². The Morgan fingerprint density at radius 1 is 1.53 bits per heavy atom. The second-order valence-corrected chi connectivity index (χ2v) is 3.49. The number of rotatable bonds is 3. The molecule has 0 bridgehead atoms. The van der Waals surface area contributed by atoms with Crippen molar-refractivity contribution < 1.29 is 9.18 Å². The molecule has 1 atom stereocenters. The smallest absolute Gasteiger partial charge is 0.230 e. The van der Waals surface area contributed by atoms with Crippen LogP contribution < -0.4 is 10.6 Å². The Morgan fingerprint density at radius 3 is 2.67 bits per heavy atom. The molecule has 0 saturated heterocycles. The van der Waals surface area contributed by atoms with Crippen molar-refractivity contribution in [3.63, 3.8) is 0 Å². The zero-order valence-corrected chi connectivity index (χ0v) is 8.90. The van der Waals surface area contributed by atoms with E-state index in [1.54, 1.807) is 32.2 Å². The van der Waals surface area contributed by atoms with Crippen LogP contribution in [-0.2, 0) is 4.79 Å². The average molecular weight is 210 g/mol. The largest absolute Gasteiger partial charge is 0.330 e. The van der Waals surface area contributed by atoms with E-state index in [0.717, 1.165) is 0 Å². The van der Waals surface area contributed by atoms with Gasteiger partial charge in [-0.1, -0.05) is 19.1 Å². The third kappa shape index (κ3) is 2.53. The number of amides is 1. The molecule has 4 heteroatoms. The predicted molar refractivity (Wildman–Crippen MR) is 58.0 cm³/mol. The minimum Gasteiger partial charge on any atom is -0.330 e. The molecule has 0 heterocycles. The summed E-state index contributed by atoms with van der Waals surface area (Å²) in [6.07, 6.45) is 0. The maximum Gasteiger partial charge on any atom is 0.230 e. The van der Waals surface area contributed by atoms with Gasteiger partial charge in [0.1, 0.15) is 5.82 Å². The molecular weight excluding hydrogens is 195 g/mol. The molecule has 0 aliphatic carbocycles. The predicted octanol–water partition coefficient (Wildman–Crippen LogP) is 1.38. The van der Waals surface area contributed by atoms with Crippen molar-refractivity contribution in [1.82, 2.24) is 0 Å². The van der Waals surface area contributed by atoms with Crippen molar-refractivity contribution in [2.24, 2.45) is 11.7 Å². The number of carbonyl (C=O) groups excluding carboxylic acids is 1. The van der Waals surface area contributed by atoms with Gasteiger partial charge < -0.3 is 10.6 Å². The quantitative estimate of drug-likeness (QED) is 0.819. The molecule has 0 spiro atoms. The van der Waals surface area contributed by atoms with E-state index in [-0.39, 0.29) is 24.1 Å². The molecule has 1 aromatic rings. The van der Waals surface area contributed by atoms with Gasteiger partial charge in [0, 0.05) is 19.5 Å². The van der Waals surface area contributed by atoms with Crippen LogP contribution in [0.25, 0.3) is 0 Å². The van der Waals surface area contributed by atoms with Crippen LogP contribution in [0.4, 0.5) is 10.1 Å². The molecule has 1 amide bonds. The number of nitrogens with zero attached hydrogens (tertiary/aromatic N) is 1. The zero-order valence-electron chi connectivity index (χ0n) is 8.90. The second kappa shape index (κ2) is 4.89. The van der Waals surface area contributed by atoms with Gasteiger partial charge in [-0.2, -0.15) is 0 Å². The molecule has 0 fully saturated rings. The molecule has 15 heavy (non-hydrogen) atoms. The zero-order chi connectivity index (χ0) is 11.4. The lowest BCUT2D eigenvalue weighted by Gasteiger charge is -2.21. The van der Waals surface area contributed by atoms with E-state index in [2.05, 4.69) is 0 Å². The van der Waals surface area contributed by atoms with E-state index in [4.69, 9.17) is 5.73 Å². The van der Waals surface area contributed by atoms with Crippen LogP contribution in [-0.4, -0.2) is 19.5 Å². The van der Waals surface area contributed by atoms with E-state index >= 15 is 0 Å². The number of hydrogen-bond donors (Lipinski definition) is 1. The van der Waals surface area contributed by atoms with Gasteiger partial charge in [-0.25, -0.2) is 4.39 Å². The normalized spacial score (nSPS) is 12.3. The van der Waals surface area contributed by atoms with Gasteiger partial charge in [0.2, 0.25) is 5.91 Å². The molecule has 0 aromatic heterocycles. The Kier molecular flexibility index (Phi) is 3.80. The lowest BCUT2D eigenvalue weighted by molar-refractivity contribution is -0.121. The number of carbonyl (C=O) groups is 1. The fourth-order valence-corrected chi connectivity index (χ4v) is 1.27. The lowest BCUT2D eigenvalue weighted by atomic mass is 10.1. The molecular formula is C11H15FN2O. The number of nitrogens with two attached hydrogens (primary N) is 1. The van der Waals surface area contributed by atoms with Crippen molar-refractivity contribution in [2.45, 2.75) is 6.92 Å². The number of para-hydroxylation sites is 1. The number of hydrogen-bond acceptors (Lipinski definition) is 2. The van der Waals surface area contributed by atoms with Crippen LogP contribution in [0.1, 0.15) is 6.92 Å². The summed E-state index contributed by atoms with van der Waals surface area (Å²) in [5, 5.41) is 0. The maximum atomic E-state index is 13.3. The molecule has 1 aromatic carbocycles. The molecule has 0 radical (unpaired) electrons. The Morgan fingerprint density at radius 2 is 2.13 bits per heavy atom. The Bertz CT molecular complexity index is 354. The summed E-state index contributed by atoms with van der Waals surface area (Å²) in [7, 11) is 1.55. The van der Waals surface area contributed by atoms with Gasteiger partial charge in [-0.15, -0.1) is 0 Å². The standard InChI is InChI=1S/C11H15FN2O/c1-8(7-13)11(15)14(2)10-6-4-3-5-9(10)12/h3-6,8H,7,13H2,1-2H3. The van der Waals surface area contributed by atoms with Gasteiger partial charge in [-0.05, 0) is 12.1 Å². The second-order valence-electron chi connectivity index (χ2n) is 3.49. The van der Waals surface area contributed by atoms with E-state index in [1.807, 2.05) is 0 Å². The summed E-state index contributed by atoms with van der Waals surface area (Å²) in [6.45, 7) is 1.98. The first-order valence-electron chi connectivity index (χ1n) is 4.80. The summed E-state index contributed by atoms with van der Waals surface area (Å²) in [5.41, 5.74) is 5.67. The third-order valence-corrected chi connectivity index (χ3v) is 2.32. The Hall–Kier alpha value is -1.42. The highest BCUT2D eigenvalue weighted by atomic mass is 19.1. The first kappa shape index (κ1) is 11.7. The highest BCUT2D eigenvalue weighted by molar-refractivity contribution is 5.94. The summed E-state index contributed by atoms with van der Waals surface area (Å²) in [5.74, 6) is -0.880. The average Bonchev–Trinajstić information content (AvgIpc) is 2.26. The van der Waals surface area contributed by atoms with Crippen LogP contribution in [0.3, 0.4) is 0 Å². The van der Waals surface area contributed by atoms with Crippen LogP contribution >= 0.6 is 0 Å². The first-order chi connectivity index (χ1) is 7.07. The molecule has 2 N–H and O–H groups in total. The van der Waals surface area contributed by atoms with E-state index in [0.29, 0.717) is 0 Å². The summed E-state index contributed by atoms with van der Waals surface area (Å²) in [4.78, 5) is 13.0. The molecule has 1 rings (SSSR count). The van der Waals surface area contributed by atoms with E-state index in [9.17, 15) is 9.18 Å². The van der Waals surface area contributed by atoms with Crippen molar-refractivity contribution in [1.29, 1.82) is 0 Å². The summed E-state index contributed by atoms with van der Waals surface area (Å²) >= 11 is 0. The molecule has 3 nitrogen and oxygen atoms in total. The van der Waals surface area contributed by atoms with Crippen LogP contribution in [0.5, 0.6) is 0 Å². The number of benzene rings is 1. The van der Waals surface area contributed by atoms with Gasteiger partial charge >= 0.3 is 0 Å². The SMILES string of the molecule is CC(CN)C(=O)N(C)c1ccccc1F. The highest BCUT2D eigenvalue weighted by Crippen LogP contribution is 2.18. The number of anilines is 1. The summed E-state index contributed by atoms with van der Waals surface area (Å²) in [6, 6.07) is 6.17. The first-order valence-corrected chi connectivity index (χ1v) is 4.80. The van der Waals surface area contributed by atoms with Gasteiger partial charge in [0.05, 0.1) is 5.69 Å². The van der Waals surface area contributed by atoms with Crippen molar-refractivity contribution in [3.8, 4) is 0 Å². The van der Waals surface area contributed by atoms with Crippen LogP contribution in [0, 0.1) is 11.7 Å². The molecule has 82 valence electrons. The minimum atomic E-state index is -0.405. The lowest BCUT2D eigenvalue weighted by Crippen LogP contribution is -2.35. The fourth-order valence-electron chi connectivity index (χ4n) is 1.27. The fraction of sp³-hybridized carbons (Fsp3) is 0.364. The highest BCUT2D eigenvalue weighted by Gasteiger charge is 2.19. The monoisotopic (exact) mass is 210 g/mol. The van der Waals surface area contributed by atoms with Gasteiger partial charge in [-0.3, -0.25) is 4.79 Å². The van der Waals surface area contributed by atoms with E-state index < -0.39 is 5.82 Å². The van der Waals surface area contributed by atoms with Crippen molar-refractivity contribution in [2.75, 3.05) is 18.5 Å². The Balaban J connectivity index is 2.90. The minimum absolute atomic E-state index is 0.178. The van der Waals surface area contributed by atoms with Crippen LogP contribution in [0.15, 0.2) is 24.3 Å². The summed E-state index contributed by atoms with van der Waals surface area (Å²) < 4.78 is 13.3. The topological polar surface area (TPSA) is 46.3 Å². The van der Waals surface area contributed by atoms with Gasteiger partial charge in [0.15, 0.2) is 0 Å². The van der Waals surface area contributed by atoms with E-state index in [1.165, 1.54) is 11.0 Å². The Labute approximate surface area is 88.7 Å². The molecule has 0 aliphatic heterocycles. The molecule has 1 unspecified atom stereocenters. The molecule has 0 saturated carbocycles. The maximum absolute atomic E-state index is 13.3. The van der Waals surface area contributed by atoms with Crippen molar-refractivity contribution >= 4 is 11.6 Å². The van der Waals surface area contributed by atoms with Gasteiger partial charge in [0.25, 0.3) is 0 Å². The third-order valence-electron chi connectivity index (χ3n) is 2.32.